The fourth-order valence-electron chi connectivity index (χ4n) is 2.12. The highest BCUT2D eigenvalue weighted by Crippen LogP contribution is 2.37. The fraction of sp³-hybridized carbons (Fsp3) is 0.143. The molecule has 2 aromatic rings. The Hall–Kier alpha value is -2.36. The third kappa shape index (κ3) is 1.82. The van der Waals surface area contributed by atoms with E-state index in [-0.39, 0.29) is 6.04 Å². The minimum atomic E-state index is -0.748. The van der Waals surface area contributed by atoms with E-state index in [4.69, 9.17) is 4.74 Å². The largest absolute Gasteiger partial charge is 0.460 e. The number of ether oxygens (including phenoxy) is 1. The van der Waals surface area contributed by atoms with Crippen LogP contribution in [0.2, 0.25) is 0 Å². The van der Waals surface area contributed by atoms with Crippen LogP contribution < -0.4 is 10.1 Å². The van der Waals surface area contributed by atoms with Crippen LogP contribution in [0.5, 0.6) is 5.75 Å². The molecule has 0 bridgehead atoms. The highest BCUT2D eigenvalue weighted by Gasteiger charge is 2.31. The number of nitroso groups, excluding NO2 is 1. The predicted octanol–water partition coefficient (Wildman–Crippen LogP) is 3.32. The van der Waals surface area contributed by atoms with Crippen LogP contribution in [0.3, 0.4) is 0 Å². The molecule has 0 radical (unpaired) electrons. The van der Waals surface area contributed by atoms with Crippen LogP contribution in [0.15, 0.2) is 59.8 Å². The summed E-state index contributed by atoms with van der Waals surface area (Å²) in [6.07, 6.45) is -0.748. The van der Waals surface area contributed by atoms with Gasteiger partial charge in [-0.1, -0.05) is 42.5 Å². The Bertz CT molecular complexity index is 557. The van der Waals surface area contributed by atoms with E-state index in [0.29, 0.717) is 5.75 Å². The normalized spacial score (nSPS) is 21.3. The van der Waals surface area contributed by atoms with Gasteiger partial charge in [-0.3, -0.25) is 0 Å². The van der Waals surface area contributed by atoms with Gasteiger partial charge in [-0.2, -0.15) is 0 Å². The highest BCUT2D eigenvalue weighted by atomic mass is 16.5. The van der Waals surface area contributed by atoms with Gasteiger partial charge in [0, 0.05) is 0 Å². The van der Waals surface area contributed by atoms with Crippen molar-refractivity contribution in [3.63, 3.8) is 0 Å². The average molecular weight is 240 g/mol. The molecule has 0 aromatic heterocycles. The zero-order chi connectivity index (χ0) is 12.4. The van der Waals surface area contributed by atoms with Crippen molar-refractivity contribution in [1.29, 1.82) is 0 Å². The van der Waals surface area contributed by atoms with Crippen LogP contribution >= 0.6 is 0 Å². The Balaban J connectivity index is 1.98. The fourth-order valence-corrected chi connectivity index (χ4v) is 2.12. The van der Waals surface area contributed by atoms with Gasteiger partial charge in [0.15, 0.2) is 0 Å². The quantitative estimate of drug-likeness (QED) is 0.819. The summed E-state index contributed by atoms with van der Waals surface area (Å²) in [5.41, 5.74) is 1.86. The molecule has 0 amide bonds. The SMILES string of the molecule is O=NC1Oc2ccccc2NC1c1ccccc1. The van der Waals surface area contributed by atoms with E-state index < -0.39 is 6.23 Å². The Labute approximate surface area is 105 Å². The molecule has 2 aromatic carbocycles. The minimum absolute atomic E-state index is 0.251. The first-order valence-electron chi connectivity index (χ1n) is 5.78. The predicted molar refractivity (Wildman–Crippen MR) is 69.5 cm³/mol. The monoisotopic (exact) mass is 240 g/mol. The van der Waals surface area contributed by atoms with Gasteiger partial charge >= 0.3 is 0 Å². The summed E-state index contributed by atoms with van der Waals surface area (Å²) in [7, 11) is 0. The summed E-state index contributed by atoms with van der Waals surface area (Å²) in [6.45, 7) is 0. The number of nitrogens with one attached hydrogen (secondary N) is 1. The summed E-state index contributed by atoms with van der Waals surface area (Å²) in [5, 5.41) is 6.36. The second kappa shape index (κ2) is 4.49. The van der Waals surface area contributed by atoms with Crippen molar-refractivity contribution in [2.75, 3.05) is 5.32 Å². The molecule has 1 aliphatic heterocycles. The van der Waals surface area contributed by atoms with Crippen LogP contribution in [0.25, 0.3) is 0 Å². The number of para-hydroxylation sites is 2. The maximum absolute atomic E-state index is 10.9. The van der Waals surface area contributed by atoms with E-state index >= 15 is 0 Å². The van der Waals surface area contributed by atoms with Crippen molar-refractivity contribution < 1.29 is 4.74 Å². The lowest BCUT2D eigenvalue weighted by Gasteiger charge is -2.31. The molecule has 0 fully saturated rings. The Morgan fingerprint density at radius 2 is 1.72 bits per heavy atom. The Morgan fingerprint density at radius 1 is 1.00 bits per heavy atom. The third-order valence-corrected chi connectivity index (χ3v) is 2.99. The van der Waals surface area contributed by atoms with Crippen molar-refractivity contribution in [1.82, 2.24) is 0 Å². The van der Waals surface area contributed by atoms with Gasteiger partial charge in [-0.25, -0.2) is 0 Å². The van der Waals surface area contributed by atoms with Crippen molar-refractivity contribution in [3.8, 4) is 5.75 Å². The van der Waals surface area contributed by atoms with Crippen molar-refractivity contribution in [2.24, 2.45) is 5.18 Å². The number of hydrogen-bond donors (Lipinski definition) is 1. The molecule has 4 heteroatoms. The number of hydrogen-bond acceptors (Lipinski definition) is 4. The molecule has 0 spiro atoms. The molecule has 4 nitrogen and oxygen atoms in total. The number of anilines is 1. The molecule has 1 N–H and O–H groups in total. The molecule has 2 unspecified atom stereocenters. The van der Waals surface area contributed by atoms with Crippen LogP contribution in [0.1, 0.15) is 11.6 Å². The highest BCUT2D eigenvalue weighted by molar-refractivity contribution is 5.59. The standard InChI is InChI=1S/C14H12N2O2/c17-16-14-13(10-6-2-1-3-7-10)15-11-8-4-5-9-12(11)18-14/h1-9,13-15H. The van der Waals surface area contributed by atoms with Crippen LogP contribution in [0, 0.1) is 4.91 Å². The smallest absolute Gasteiger partial charge is 0.253 e. The van der Waals surface area contributed by atoms with Gasteiger partial charge in [0.1, 0.15) is 11.8 Å². The van der Waals surface area contributed by atoms with Gasteiger partial charge in [0.05, 0.1) is 5.69 Å². The van der Waals surface area contributed by atoms with E-state index in [1.807, 2.05) is 54.6 Å². The summed E-state index contributed by atoms with van der Waals surface area (Å²) in [5.74, 6) is 0.661. The van der Waals surface area contributed by atoms with Gasteiger partial charge in [0.25, 0.3) is 6.23 Å². The molecule has 0 saturated heterocycles. The first-order chi connectivity index (χ1) is 8.88. The second-order valence-electron chi connectivity index (χ2n) is 4.14. The lowest BCUT2D eigenvalue weighted by molar-refractivity contribution is 0.176. The average Bonchev–Trinajstić information content (AvgIpc) is 2.46. The molecule has 3 rings (SSSR count). The van der Waals surface area contributed by atoms with Crippen LogP contribution in [-0.2, 0) is 0 Å². The first-order valence-corrected chi connectivity index (χ1v) is 5.78. The van der Waals surface area contributed by atoms with Crippen molar-refractivity contribution >= 4 is 5.69 Å². The summed E-state index contributed by atoms with van der Waals surface area (Å²) in [4.78, 5) is 10.9. The van der Waals surface area contributed by atoms with Gasteiger partial charge in [0.2, 0.25) is 0 Å². The number of rotatable bonds is 2. The summed E-state index contributed by atoms with van der Waals surface area (Å²) >= 11 is 0. The molecule has 1 heterocycles. The molecule has 0 aliphatic carbocycles. The van der Waals surface area contributed by atoms with E-state index in [2.05, 4.69) is 10.5 Å². The van der Waals surface area contributed by atoms with E-state index in [1.165, 1.54) is 0 Å². The summed E-state index contributed by atoms with van der Waals surface area (Å²) in [6, 6.07) is 17.0. The second-order valence-corrected chi connectivity index (χ2v) is 4.14. The third-order valence-electron chi connectivity index (χ3n) is 2.99. The Morgan fingerprint density at radius 3 is 2.50 bits per heavy atom. The molecule has 90 valence electrons. The lowest BCUT2D eigenvalue weighted by atomic mass is 10.0. The van der Waals surface area contributed by atoms with E-state index in [1.54, 1.807) is 0 Å². The maximum atomic E-state index is 10.9. The minimum Gasteiger partial charge on any atom is -0.460 e. The topological polar surface area (TPSA) is 50.7 Å². The molecule has 2 atom stereocenters. The molecule has 0 saturated carbocycles. The van der Waals surface area contributed by atoms with E-state index in [0.717, 1.165) is 11.3 Å². The first kappa shape index (κ1) is 10.8. The zero-order valence-electron chi connectivity index (χ0n) is 9.61. The summed E-state index contributed by atoms with van der Waals surface area (Å²) < 4.78 is 5.61. The number of fused-ring (bicyclic) bond motifs is 1. The number of benzene rings is 2. The van der Waals surface area contributed by atoms with Crippen LogP contribution in [-0.4, -0.2) is 6.23 Å². The van der Waals surface area contributed by atoms with Gasteiger partial charge < -0.3 is 10.1 Å². The Kier molecular flexibility index (Phi) is 2.68. The van der Waals surface area contributed by atoms with Gasteiger partial charge in [-0.05, 0) is 22.9 Å². The van der Waals surface area contributed by atoms with Gasteiger partial charge in [-0.15, -0.1) is 4.91 Å². The lowest BCUT2D eigenvalue weighted by Crippen LogP contribution is -2.32. The molecular weight excluding hydrogens is 228 g/mol. The van der Waals surface area contributed by atoms with Crippen molar-refractivity contribution in [2.45, 2.75) is 12.3 Å². The van der Waals surface area contributed by atoms with Crippen molar-refractivity contribution in [3.05, 3.63) is 65.1 Å². The number of nitrogens with zero attached hydrogens (tertiary/aromatic N) is 1. The molecule has 1 aliphatic rings. The zero-order valence-corrected chi connectivity index (χ0v) is 9.61. The van der Waals surface area contributed by atoms with E-state index in [9.17, 15) is 4.91 Å². The van der Waals surface area contributed by atoms with Crippen LogP contribution in [0.4, 0.5) is 5.69 Å². The maximum Gasteiger partial charge on any atom is 0.253 e. The molecular formula is C14H12N2O2. The molecule has 18 heavy (non-hydrogen) atoms.